The molecular weight excluding hydrogens is 176 g/mol. The molecule has 0 fully saturated rings. The normalized spacial score (nSPS) is 28.8. The molecule has 3 N–H and O–H groups in total. The Bertz CT molecular complexity index is 392. The molecule has 2 rings (SSSR count). The van der Waals surface area contributed by atoms with Crippen molar-refractivity contribution in [3.63, 3.8) is 0 Å². The van der Waals surface area contributed by atoms with E-state index in [1.165, 1.54) is 5.56 Å². The van der Waals surface area contributed by atoms with E-state index < -0.39 is 5.41 Å². The van der Waals surface area contributed by atoms with Crippen molar-refractivity contribution in [2.24, 2.45) is 5.73 Å². The maximum atomic E-state index is 11.5. The zero-order valence-electron chi connectivity index (χ0n) is 8.85. The van der Waals surface area contributed by atoms with Crippen molar-refractivity contribution in [3.8, 4) is 0 Å². The number of aromatic nitrogens is 1. The van der Waals surface area contributed by atoms with Crippen molar-refractivity contribution in [2.45, 2.75) is 38.0 Å². The molecule has 1 aliphatic carbocycles. The third-order valence-electron chi connectivity index (χ3n) is 3.41. The number of fused-ring (bicyclic) bond motifs is 1. The second kappa shape index (κ2) is 2.41. The van der Waals surface area contributed by atoms with Gasteiger partial charge in [0.2, 0.25) is 5.91 Å². The average molecular weight is 192 g/mol. The van der Waals surface area contributed by atoms with Gasteiger partial charge in [-0.05, 0) is 29.9 Å². The molecule has 0 saturated carbocycles. The first-order valence-corrected chi connectivity index (χ1v) is 4.85. The molecule has 0 aliphatic heterocycles. The first kappa shape index (κ1) is 9.31. The summed E-state index contributed by atoms with van der Waals surface area (Å²) < 4.78 is 0. The van der Waals surface area contributed by atoms with Gasteiger partial charge >= 0.3 is 0 Å². The van der Waals surface area contributed by atoms with Crippen LogP contribution in [0.4, 0.5) is 0 Å². The molecule has 1 heterocycles. The highest BCUT2D eigenvalue weighted by molar-refractivity contribution is 5.88. The number of primary amides is 1. The number of H-pyrrole nitrogens is 1. The van der Waals surface area contributed by atoms with E-state index in [9.17, 15) is 4.79 Å². The highest BCUT2D eigenvalue weighted by Crippen LogP contribution is 2.49. The number of hydrogen-bond acceptors (Lipinski definition) is 1. The van der Waals surface area contributed by atoms with Gasteiger partial charge in [0.1, 0.15) is 0 Å². The SMILES string of the molecule is CC1(C)CC(C)(C(N)=O)c2c[nH]cc21. The quantitative estimate of drug-likeness (QED) is 0.695. The smallest absolute Gasteiger partial charge is 0.227 e. The lowest BCUT2D eigenvalue weighted by molar-refractivity contribution is -0.123. The van der Waals surface area contributed by atoms with E-state index in [0.717, 1.165) is 12.0 Å². The Balaban J connectivity index is 2.61. The van der Waals surface area contributed by atoms with Gasteiger partial charge in [-0.15, -0.1) is 0 Å². The number of carbonyl (C=O) groups excluding carboxylic acids is 1. The summed E-state index contributed by atoms with van der Waals surface area (Å²) in [5.74, 6) is -0.232. The molecule has 1 aromatic rings. The van der Waals surface area contributed by atoms with Crippen LogP contribution in [0, 0.1) is 0 Å². The van der Waals surface area contributed by atoms with Crippen LogP contribution in [0.2, 0.25) is 0 Å². The predicted octanol–water partition coefficient (Wildman–Crippen LogP) is 1.44. The largest absolute Gasteiger partial charge is 0.369 e. The molecule has 1 amide bonds. The van der Waals surface area contributed by atoms with Crippen LogP contribution in [0.25, 0.3) is 0 Å². The molecule has 14 heavy (non-hydrogen) atoms. The summed E-state index contributed by atoms with van der Waals surface area (Å²) in [5, 5.41) is 0. The van der Waals surface area contributed by atoms with E-state index in [1.54, 1.807) is 0 Å². The monoisotopic (exact) mass is 192 g/mol. The lowest BCUT2D eigenvalue weighted by Crippen LogP contribution is -2.37. The summed E-state index contributed by atoms with van der Waals surface area (Å²) in [7, 11) is 0. The van der Waals surface area contributed by atoms with E-state index in [0.29, 0.717) is 0 Å². The van der Waals surface area contributed by atoms with Crippen molar-refractivity contribution < 1.29 is 4.79 Å². The van der Waals surface area contributed by atoms with Crippen molar-refractivity contribution >= 4 is 5.91 Å². The van der Waals surface area contributed by atoms with Gasteiger partial charge < -0.3 is 10.7 Å². The molecule has 1 unspecified atom stereocenters. The van der Waals surface area contributed by atoms with Gasteiger partial charge in [-0.2, -0.15) is 0 Å². The number of hydrogen-bond donors (Lipinski definition) is 2. The van der Waals surface area contributed by atoms with Crippen LogP contribution < -0.4 is 5.73 Å². The molecule has 3 heteroatoms. The average Bonchev–Trinajstić information content (AvgIpc) is 2.55. The van der Waals surface area contributed by atoms with Crippen LogP contribution in [-0.2, 0) is 15.6 Å². The van der Waals surface area contributed by atoms with Gasteiger partial charge in [0.25, 0.3) is 0 Å². The van der Waals surface area contributed by atoms with Crippen LogP contribution in [0.15, 0.2) is 12.4 Å². The Labute approximate surface area is 83.7 Å². The molecule has 76 valence electrons. The fourth-order valence-electron chi connectivity index (χ4n) is 2.67. The van der Waals surface area contributed by atoms with Gasteiger partial charge in [-0.1, -0.05) is 13.8 Å². The summed E-state index contributed by atoms with van der Waals surface area (Å²) in [4.78, 5) is 14.5. The Morgan fingerprint density at radius 3 is 2.50 bits per heavy atom. The third kappa shape index (κ3) is 0.953. The molecule has 0 aromatic carbocycles. The highest BCUT2D eigenvalue weighted by atomic mass is 16.1. The second-order valence-electron chi connectivity index (χ2n) is 5.04. The first-order chi connectivity index (χ1) is 6.38. The Kier molecular flexibility index (Phi) is 1.60. The number of nitrogens with one attached hydrogen (secondary N) is 1. The van der Waals surface area contributed by atoms with Crippen LogP contribution >= 0.6 is 0 Å². The number of amides is 1. The molecule has 0 spiro atoms. The van der Waals surface area contributed by atoms with Crippen molar-refractivity contribution in [1.82, 2.24) is 4.98 Å². The lowest BCUT2D eigenvalue weighted by Gasteiger charge is -2.24. The van der Waals surface area contributed by atoms with Gasteiger partial charge in [-0.3, -0.25) is 4.79 Å². The number of nitrogens with two attached hydrogens (primary N) is 1. The Morgan fingerprint density at radius 2 is 1.93 bits per heavy atom. The second-order valence-corrected chi connectivity index (χ2v) is 5.04. The van der Waals surface area contributed by atoms with Crippen LogP contribution in [0.3, 0.4) is 0 Å². The number of carbonyl (C=O) groups is 1. The van der Waals surface area contributed by atoms with Crippen LogP contribution in [0.5, 0.6) is 0 Å². The molecule has 1 atom stereocenters. The van der Waals surface area contributed by atoms with E-state index in [-0.39, 0.29) is 11.3 Å². The summed E-state index contributed by atoms with van der Waals surface area (Å²) in [6, 6.07) is 0. The standard InChI is InChI=1S/C11H16N2O/c1-10(2)6-11(3,9(12)14)8-5-13-4-7(8)10/h4-5,13H,6H2,1-3H3,(H2,12,14). The number of aromatic amines is 1. The van der Waals surface area contributed by atoms with E-state index >= 15 is 0 Å². The first-order valence-electron chi connectivity index (χ1n) is 4.85. The fourth-order valence-corrected chi connectivity index (χ4v) is 2.67. The molecule has 0 saturated heterocycles. The highest BCUT2D eigenvalue weighted by Gasteiger charge is 2.48. The molecule has 3 nitrogen and oxygen atoms in total. The zero-order valence-corrected chi connectivity index (χ0v) is 8.85. The predicted molar refractivity (Wildman–Crippen MR) is 55.0 cm³/mol. The van der Waals surface area contributed by atoms with Gasteiger partial charge in [0.15, 0.2) is 0 Å². The topological polar surface area (TPSA) is 58.9 Å². The maximum absolute atomic E-state index is 11.5. The molecule has 0 bridgehead atoms. The minimum absolute atomic E-state index is 0.0408. The van der Waals surface area contributed by atoms with Crippen molar-refractivity contribution in [1.29, 1.82) is 0 Å². The maximum Gasteiger partial charge on any atom is 0.227 e. The third-order valence-corrected chi connectivity index (χ3v) is 3.41. The van der Waals surface area contributed by atoms with E-state index in [4.69, 9.17) is 5.73 Å². The van der Waals surface area contributed by atoms with Crippen LogP contribution in [-0.4, -0.2) is 10.9 Å². The van der Waals surface area contributed by atoms with Gasteiger partial charge in [0.05, 0.1) is 5.41 Å². The van der Waals surface area contributed by atoms with Crippen LogP contribution in [0.1, 0.15) is 38.3 Å². The summed E-state index contributed by atoms with van der Waals surface area (Å²) in [5.41, 5.74) is 7.30. The Morgan fingerprint density at radius 1 is 1.36 bits per heavy atom. The van der Waals surface area contributed by atoms with E-state index in [2.05, 4.69) is 18.8 Å². The van der Waals surface area contributed by atoms with Gasteiger partial charge in [0, 0.05) is 12.4 Å². The molecule has 1 aromatic heterocycles. The summed E-state index contributed by atoms with van der Waals surface area (Å²) in [6.45, 7) is 6.22. The lowest BCUT2D eigenvalue weighted by atomic mass is 9.79. The van der Waals surface area contributed by atoms with Crippen molar-refractivity contribution in [3.05, 3.63) is 23.5 Å². The minimum Gasteiger partial charge on any atom is -0.369 e. The van der Waals surface area contributed by atoms with Crippen molar-refractivity contribution in [2.75, 3.05) is 0 Å². The summed E-state index contributed by atoms with van der Waals surface area (Å²) >= 11 is 0. The Hall–Kier alpha value is -1.25. The summed E-state index contributed by atoms with van der Waals surface area (Å²) in [6.07, 6.45) is 4.67. The molecule has 0 radical (unpaired) electrons. The minimum atomic E-state index is -0.501. The number of rotatable bonds is 1. The van der Waals surface area contributed by atoms with E-state index in [1.807, 2.05) is 19.3 Å². The molecule has 1 aliphatic rings. The van der Waals surface area contributed by atoms with Gasteiger partial charge in [-0.25, -0.2) is 0 Å². The fraction of sp³-hybridized carbons (Fsp3) is 0.545. The zero-order chi connectivity index (χ0) is 10.6. The molecular formula is C11H16N2O.